The first-order valence-electron chi connectivity index (χ1n) is 11.6. The lowest BCUT2D eigenvalue weighted by Crippen LogP contribution is -2.40. The molecule has 0 radical (unpaired) electrons. The zero-order valence-corrected chi connectivity index (χ0v) is 22.3. The lowest BCUT2D eigenvalue weighted by atomic mass is 10.1. The molecule has 0 fully saturated rings. The molecule has 0 saturated heterocycles. The van der Waals surface area contributed by atoms with Gasteiger partial charge in [0.1, 0.15) is 12.3 Å². The number of sulfonamides is 1. The highest BCUT2D eigenvalue weighted by molar-refractivity contribution is 7.92. The molecule has 196 valence electrons. The summed E-state index contributed by atoms with van der Waals surface area (Å²) in [4.78, 5) is 13.0. The highest BCUT2D eigenvalue weighted by Gasteiger charge is 2.29. The molecule has 0 aliphatic carbocycles. The minimum atomic E-state index is -4.10. The van der Waals surface area contributed by atoms with Gasteiger partial charge in [0, 0.05) is 5.56 Å². The second-order valence-electron chi connectivity index (χ2n) is 8.03. The standard InChI is InChI=1S/C27H31N3O6S/c1-6-36-24-10-8-7-9-23(24)30(37(32,33)22-14-11-19(2)12-15-22)18-27(31)29-28-20(3)21-13-16-25(34-4)26(17-21)35-5/h7-17H,6,18H2,1-5H3,(H,29,31)/b28-20-. The molecule has 0 aliphatic heterocycles. The topological polar surface area (TPSA) is 107 Å². The molecule has 0 saturated carbocycles. The van der Waals surface area contributed by atoms with Crippen LogP contribution >= 0.6 is 0 Å². The number of benzene rings is 3. The maximum Gasteiger partial charge on any atom is 0.264 e. The molecule has 10 heteroatoms. The second-order valence-corrected chi connectivity index (χ2v) is 9.89. The molecule has 1 amide bonds. The van der Waals surface area contributed by atoms with E-state index in [1.807, 2.05) is 6.92 Å². The van der Waals surface area contributed by atoms with Crippen LogP contribution in [-0.2, 0) is 14.8 Å². The average Bonchev–Trinajstić information content (AvgIpc) is 2.90. The van der Waals surface area contributed by atoms with Crippen LogP contribution in [0.3, 0.4) is 0 Å². The number of ether oxygens (including phenoxy) is 3. The summed E-state index contributed by atoms with van der Waals surface area (Å²) in [5.74, 6) is 0.803. The van der Waals surface area contributed by atoms with Gasteiger partial charge in [-0.25, -0.2) is 13.8 Å². The molecule has 1 N–H and O–H groups in total. The number of hydrogen-bond acceptors (Lipinski definition) is 7. The first-order chi connectivity index (χ1) is 17.7. The normalized spacial score (nSPS) is 11.5. The third-order valence-electron chi connectivity index (χ3n) is 5.48. The van der Waals surface area contributed by atoms with E-state index >= 15 is 0 Å². The van der Waals surface area contributed by atoms with E-state index < -0.39 is 22.5 Å². The summed E-state index contributed by atoms with van der Waals surface area (Å²) in [7, 11) is -1.03. The summed E-state index contributed by atoms with van der Waals surface area (Å²) in [6, 6.07) is 18.4. The zero-order valence-electron chi connectivity index (χ0n) is 21.5. The molecule has 0 unspecified atom stereocenters. The molecule has 37 heavy (non-hydrogen) atoms. The highest BCUT2D eigenvalue weighted by atomic mass is 32.2. The second kappa shape index (κ2) is 12.3. The molecule has 0 spiro atoms. The molecular weight excluding hydrogens is 494 g/mol. The van der Waals surface area contributed by atoms with Gasteiger partial charge in [0.15, 0.2) is 11.5 Å². The van der Waals surface area contributed by atoms with E-state index in [9.17, 15) is 13.2 Å². The Bertz CT molecular complexity index is 1370. The lowest BCUT2D eigenvalue weighted by Gasteiger charge is -2.25. The SMILES string of the molecule is CCOc1ccccc1N(CC(=O)N/N=C(/C)c1ccc(OC)c(OC)c1)S(=O)(=O)c1ccc(C)cc1. The van der Waals surface area contributed by atoms with E-state index in [2.05, 4.69) is 10.5 Å². The molecule has 3 rings (SSSR count). The van der Waals surface area contributed by atoms with E-state index in [1.165, 1.54) is 19.2 Å². The summed E-state index contributed by atoms with van der Waals surface area (Å²) in [5, 5.41) is 4.17. The van der Waals surface area contributed by atoms with E-state index in [0.29, 0.717) is 35.1 Å². The zero-order chi connectivity index (χ0) is 27.0. The van der Waals surface area contributed by atoms with Gasteiger partial charge in [0.2, 0.25) is 0 Å². The Morgan fingerprint density at radius 2 is 1.62 bits per heavy atom. The van der Waals surface area contributed by atoms with Gasteiger partial charge in [0.25, 0.3) is 15.9 Å². The lowest BCUT2D eigenvalue weighted by molar-refractivity contribution is -0.119. The maximum absolute atomic E-state index is 13.7. The van der Waals surface area contributed by atoms with Gasteiger partial charge in [-0.2, -0.15) is 5.10 Å². The van der Waals surface area contributed by atoms with Crippen LogP contribution in [-0.4, -0.2) is 47.4 Å². The molecule has 0 atom stereocenters. The van der Waals surface area contributed by atoms with Crippen molar-refractivity contribution in [3.8, 4) is 17.2 Å². The van der Waals surface area contributed by atoms with Gasteiger partial charge in [-0.15, -0.1) is 0 Å². The fraction of sp³-hybridized carbons (Fsp3) is 0.259. The number of nitrogens with zero attached hydrogens (tertiary/aromatic N) is 2. The number of nitrogens with one attached hydrogen (secondary N) is 1. The van der Waals surface area contributed by atoms with Crippen molar-refractivity contribution < 1.29 is 27.4 Å². The van der Waals surface area contributed by atoms with Crippen molar-refractivity contribution in [1.29, 1.82) is 0 Å². The number of methoxy groups -OCH3 is 2. The van der Waals surface area contributed by atoms with Crippen molar-refractivity contribution in [1.82, 2.24) is 5.43 Å². The summed E-state index contributed by atoms with van der Waals surface area (Å²) < 4.78 is 44.6. The van der Waals surface area contributed by atoms with Crippen molar-refractivity contribution in [3.63, 3.8) is 0 Å². The number of aryl methyl sites for hydroxylation is 1. The van der Waals surface area contributed by atoms with Gasteiger partial charge in [-0.05, 0) is 63.2 Å². The van der Waals surface area contributed by atoms with Crippen LogP contribution < -0.4 is 23.9 Å². The van der Waals surface area contributed by atoms with Gasteiger partial charge in [-0.1, -0.05) is 29.8 Å². The third-order valence-corrected chi connectivity index (χ3v) is 7.25. The average molecular weight is 526 g/mol. The van der Waals surface area contributed by atoms with Crippen LogP contribution in [0, 0.1) is 6.92 Å². The number of carbonyl (C=O) groups is 1. The number of carbonyl (C=O) groups excluding carboxylic acids is 1. The van der Waals surface area contributed by atoms with Crippen LogP contribution in [0.1, 0.15) is 25.0 Å². The van der Waals surface area contributed by atoms with Gasteiger partial charge >= 0.3 is 0 Å². The van der Waals surface area contributed by atoms with E-state index in [-0.39, 0.29) is 10.6 Å². The van der Waals surface area contributed by atoms with E-state index in [4.69, 9.17) is 14.2 Å². The highest BCUT2D eigenvalue weighted by Crippen LogP contribution is 2.32. The smallest absolute Gasteiger partial charge is 0.264 e. The largest absolute Gasteiger partial charge is 0.493 e. The fourth-order valence-electron chi connectivity index (χ4n) is 3.52. The number of amides is 1. The van der Waals surface area contributed by atoms with E-state index in [1.54, 1.807) is 75.6 Å². The summed E-state index contributed by atoms with van der Waals surface area (Å²) in [5.41, 5.74) is 4.82. The number of hydrogen-bond donors (Lipinski definition) is 1. The van der Waals surface area contributed by atoms with Crippen LogP contribution in [0.4, 0.5) is 5.69 Å². The molecule has 0 heterocycles. The van der Waals surface area contributed by atoms with Crippen LogP contribution in [0.25, 0.3) is 0 Å². The molecule has 9 nitrogen and oxygen atoms in total. The Hall–Kier alpha value is -4.05. The Morgan fingerprint density at radius 3 is 2.27 bits per heavy atom. The first kappa shape index (κ1) is 27.5. The van der Waals surface area contributed by atoms with Gasteiger partial charge in [0.05, 0.1) is 37.1 Å². The van der Waals surface area contributed by atoms with Crippen molar-refractivity contribution >= 4 is 27.3 Å². The van der Waals surface area contributed by atoms with Crippen LogP contribution in [0.5, 0.6) is 17.2 Å². The van der Waals surface area contributed by atoms with Crippen molar-refractivity contribution in [2.24, 2.45) is 5.10 Å². The Kier molecular flexibility index (Phi) is 9.13. The molecular formula is C27H31N3O6S. The number of anilines is 1. The summed E-state index contributed by atoms with van der Waals surface area (Å²) >= 11 is 0. The van der Waals surface area contributed by atoms with Crippen LogP contribution in [0.15, 0.2) is 76.7 Å². The quantitative estimate of drug-likeness (QED) is 0.298. The van der Waals surface area contributed by atoms with Crippen molar-refractivity contribution in [3.05, 3.63) is 77.9 Å². The maximum atomic E-state index is 13.7. The van der Waals surface area contributed by atoms with Crippen molar-refractivity contribution in [2.75, 3.05) is 31.7 Å². The van der Waals surface area contributed by atoms with Gasteiger partial charge in [-0.3, -0.25) is 9.10 Å². The molecule has 3 aromatic carbocycles. The summed E-state index contributed by atoms with van der Waals surface area (Å²) in [6.45, 7) is 5.20. The predicted octanol–water partition coefficient (Wildman–Crippen LogP) is 4.15. The minimum absolute atomic E-state index is 0.0576. The van der Waals surface area contributed by atoms with Crippen LogP contribution in [0.2, 0.25) is 0 Å². The minimum Gasteiger partial charge on any atom is -0.493 e. The molecule has 0 aliphatic rings. The Balaban J connectivity index is 1.91. The first-order valence-corrected chi connectivity index (χ1v) is 13.0. The molecule has 0 aromatic heterocycles. The Labute approximate surface area is 217 Å². The summed E-state index contributed by atoms with van der Waals surface area (Å²) in [6.07, 6.45) is 0. The third kappa shape index (κ3) is 6.59. The molecule has 0 bridgehead atoms. The predicted molar refractivity (Wildman–Crippen MR) is 143 cm³/mol. The number of rotatable bonds is 11. The van der Waals surface area contributed by atoms with Gasteiger partial charge < -0.3 is 14.2 Å². The van der Waals surface area contributed by atoms with Crippen molar-refractivity contribution in [2.45, 2.75) is 25.7 Å². The fourth-order valence-corrected chi connectivity index (χ4v) is 4.95. The number of para-hydroxylation sites is 2. The monoisotopic (exact) mass is 525 g/mol. The molecule has 3 aromatic rings. The van der Waals surface area contributed by atoms with E-state index in [0.717, 1.165) is 9.87 Å². The number of hydrazone groups is 1. The Morgan fingerprint density at radius 1 is 0.946 bits per heavy atom.